The number of rotatable bonds is 5. The van der Waals surface area contributed by atoms with Crippen LogP contribution in [0.3, 0.4) is 0 Å². The van der Waals surface area contributed by atoms with Gasteiger partial charge >= 0.3 is 0 Å². The molecule has 160 valence electrons. The first-order valence-electron chi connectivity index (χ1n) is 10.2. The number of nitrogens with zero attached hydrogens (tertiary/aromatic N) is 2. The molecule has 4 rings (SSSR count). The molecule has 2 aromatic carbocycles. The van der Waals surface area contributed by atoms with Crippen LogP contribution in [-0.2, 0) is 16.4 Å². The van der Waals surface area contributed by atoms with E-state index < -0.39 is 10.0 Å². The number of methoxy groups -OCH3 is 1. The summed E-state index contributed by atoms with van der Waals surface area (Å²) in [7, 11) is -0.0890. The Morgan fingerprint density at radius 3 is 2.43 bits per heavy atom. The highest BCUT2D eigenvalue weighted by molar-refractivity contribution is 7.92. The van der Waals surface area contributed by atoms with Gasteiger partial charge in [0.05, 0.1) is 17.7 Å². The molecule has 1 N–H and O–H groups in total. The van der Waals surface area contributed by atoms with Crippen molar-refractivity contribution in [3.8, 4) is 5.75 Å². The molecule has 2 aliphatic heterocycles. The van der Waals surface area contributed by atoms with E-state index in [1.54, 1.807) is 49.6 Å². The molecular weight excluding hydrogens is 402 g/mol. The van der Waals surface area contributed by atoms with Crippen molar-refractivity contribution >= 4 is 21.6 Å². The average Bonchev–Trinajstić information content (AvgIpc) is 3.20. The smallest absolute Gasteiger partial charge is 0.264 e. The van der Waals surface area contributed by atoms with Crippen LogP contribution in [0.2, 0.25) is 0 Å². The molecule has 7 nitrogen and oxygen atoms in total. The predicted octanol–water partition coefficient (Wildman–Crippen LogP) is 2.27. The summed E-state index contributed by atoms with van der Waals surface area (Å²) >= 11 is 0. The highest BCUT2D eigenvalue weighted by Gasteiger charge is 2.33. The van der Waals surface area contributed by atoms with Gasteiger partial charge in [-0.3, -0.25) is 9.10 Å². The van der Waals surface area contributed by atoms with Crippen molar-refractivity contribution in [3.63, 3.8) is 0 Å². The van der Waals surface area contributed by atoms with Crippen molar-refractivity contribution in [3.05, 3.63) is 53.6 Å². The molecule has 1 fully saturated rings. The van der Waals surface area contributed by atoms with Crippen LogP contribution in [0.5, 0.6) is 5.75 Å². The normalized spacial score (nSPS) is 17.6. The molecule has 1 saturated heterocycles. The second-order valence-electron chi connectivity index (χ2n) is 7.86. The van der Waals surface area contributed by atoms with Gasteiger partial charge in [0.15, 0.2) is 0 Å². The number of amides is 1. The minimum absolute atomic E-state index is 0.120. The number of ether oxygens (including phenoxy) is 1. The molecular formula is C22H27N3O4S. The lowest BCUT2D eigenvalue weighted by Gasteiger charge is -2.29. The molecule has 0 saturated carbocycles. The molecule has 0 radical (unpaired) electrons. The fourth-order valence-corrected chi connectivity index (χ4v) is 5.65. The summed E-state index contributed by atoms with van der Waals surface area (Å²) in [6, 6.07) is 11.8. The van der Waals surface area contributed by atoms with Crippen molar-refractivity contribution in [1.82, 2.24) is 10.2 Å². The number of likely N-dealkylation sites (tertiary alicyclic amines) is 1. The molecule has 0 aliphatic carbocycles. The van der Waals surface area contributed by atoms with Gasteiger partial charge in [0.25, 0.3) is 15.9 Å². The minimum Gasteiger partial charge on any atom is -0.497 e. The van der Waals surface area contributed by atoms with Crippen molar-refractivity contribution in [2.24, 2.45) is 0 Å². The minimum atomic E-state index is -3.71. The monoisotopic (exact) mass is 429 g/mol. The topological polar surface area (TPSA) is 79.0 Å². The third-order valence-electron chi connectivity index (χ3n) is 5.93. The van der Waals surface area contributed by atoms with Crippen LogP contribution >= 0.6 is 0 Å². The first-order valence-corrected chi connectivity index (χ1v) is 11.6. The van der Waals surface area contributed by atoms with E-state index in [2.05, 4.69) is 17.3 Å². The first kappa shape index (κ1) is 20.7. The van der Waals surface area contributed by atoms with E-state index in [4.69, 9.17) is 4.74 Å². The maximum absolute atomic E-state index is 13.2. The predicted molar refractivity (Wildman–Crippen MR) is 116 cm³/mol. The molecule has 1 amide bonds. The van der Waals surface area contributed by atoms with Crippen molar-refractivity contribution in [2.75, 3.05) is 38.1 Å². The number of nitrogens with one attached hydrogen (secondary N) is 1. The number of anilines is 1. The van der Waals surface area contributed by atoms with E-state index in [0.29, 0.717) is 30.0 Å². The first-order chi connectivity index (χ1) is 14.4. The third kappa shape index (κ3) is 3.89. The maximum Gasteiger partial charge on any atom is 0.264 e. The van der Waals surface area contributed by atoms with E-state index in [1.807, 2.05) is 0 Å². The molecule has 0 spiro atoms. The van der Waals surface area contributed by atoms with Gasteiger partial charge in [-0.15, -0.1) is 0 Å². The van der Waals surface area contributed by atoms with E-state index in [9.17, 15) is 13.2 Å². The summed E-state index contributed by atoms with van der Waals surface area (Å²) in [5.41, 5.74) is 1.95. The fourth-order valence-electron chi connectivity index (χ4n) is 4.16. The van der Waals surface area contributed by atoms with E-state index in [0.717, 1.165) is 31.5 Å². The number of piperidine rings is 1. The lowest BCUT2D eigenvalue weighted by atomic mass is 10.0. The van der Waals surface area contributed by atoms with E-state index >= 15 is 0 Å². The van der Waals surface area contributed by atoms with Crippen LogP contribution in [0.1, 0.15) is 28.8 Å². The summed E-state index contributed by atoms with van der Waals surface area (Å²) in [6.07, 6.45) is 2.37. The number of benzene rings is 2. The summed E-state index contributed by atoms with van der Waals surface area (Å²) in [5, 5.41) is 3.14. The molecule has 0 atom stereocenters. The Kier molecular flexibility index (Phi) is 5.71. The van der Waals surface area contributed by atoms with Gasteiger partial charge in [0.2, 0.25) is 0 Å². The van der Waals surface area contributed by atoms with Gasteiger partial charge in [0, 0.05) is 18.2 Å². The summed E-state index contributed by atoms with van der Waals surface area (Å²) in [5.74, 6) is 0.480. The fraction of sp³-hybridized carbons (Fsp3) is 0.409. The number of carbonyl (C=O) groups excluding carboxylic acids is 1. The summed E-state index contributed by atoms with van der Waals surface area (Å²) in [4.78, 5) is 15.4. The Labute approximate surface area is 177 Å². The average molecular weight is 430 g/mol. The standard InChI is InChI=1S/C22H27N3O4S/c1-24-13-10-16(11-14-24)23-22(26)20-4-3-5-21-19(20)12-15-25(21)30(27,28)18-8-6-17(29-2)7-9-18/h3-9,16H,10-15H2,1-2H3,(H,23,26). The lowest BCUT2D eigenvalue weighted by molar-refractivity contribution is 0.0916. The zero-order chi connectivity index (χ0) is 21.3. The quantitative estimate of drug-likeness (QED) is 0.789. The Bertz CT molecular complexity index is 1030. The summed E-state index contributed by atoms with van der Waals surface area (Å²) in [6.45, 7) is 2.25. The highest BCUT2D eigenvalue weighted by Crippen LogP contribution is 2.35. The lowest BCUT2D eigenvalue weighted by Crippen LogP contribution is -2.43. The van der Waals surface area contributed by atoms with Crippen molar-refractivity contribution < 1.29 is 17.9 Å². The Balaban J connectivity index is 1.57. The van der Waals surface area contributed by atoms with Gasteiger partial charge in [-0.05, 0) is 81.4 Å². The van der Waals surface area contributed by atoms with Crippen LogP contribution in [-0.4, -0.2) is 59.1 Å². The molecule has 0 bridgehead atoms. The molecule has 8 heteroatoms. The van der Waals surface area contributed by atoms with E-state index in [1.165, 1.54) is 4.31 Å². The van der Waals surface area contributed by atoms with Crippen LogP contribution in [0.4, 0.5) is 5.69 Å². The van der Waals surface area contributed by atoms with Crippen LogP contribution < -0.4 is 14.4 Å². The van der Waals surface area contributed by atoms with Gasteiger partial charge < -0.3 is 15.0 Å². The maximum atomic E-state index is 13.2. The molecule has 0 unspecified atom stereocenters. The number of hydrogen-bond donors (Lipinski definition) is 1. The second-order valence-corrected chi connectivity index (χ2v) is 9.72. The number of hydrogen-bond acceptors (Lipinski definition) is 5. The molecule has 0 aromatic heterocycles. The van der Waals surface area contributed by atoms with Gasteiger partial charge in [0.1, 0.15) is 5.75 Å². The molecule has 30 heavy (non-hydrogen) atoms. The van der Waals surface area contributed by atoms with Gasteiger partial charge in [-0.1, -0.05) is 6.07 Å². The van der Waals surface area contributed by atoms with Crippen LogP contribution in [0, 0.1) is 0 Å². The zero-order valence-electron chi connectivity index (χ0n) is 17.3. The second kappa shape index (κ2) is 8.28. The van der Waals surface area contributed by atoms with Crippen LogP contribution in [0.25, 0.3) is 0 Å². The molecule has 2 aliphatic rings. The largest absolute Gasteiger partial charge is 0.497 e. The van der Waals surface area contributed by atoms with Crippen molar-refractivity contribution in [2.45, 2.75) is 30.2 Å². The summed E-state index contributed by atoms with van der Waals surface area (Å²) < 4.78 is 32.9. The Morgan fingerprint density at radius 1 is 1.07 bits per heavy atom. The number of carbonyl (C=O) groups is 1. The van der Waals surface area contributed by atoms with Gasteiger partial charge in [-0.25, -0.2) is 8.42 Å². The number of fused-ring (bicyclic) bond motifs is 1. The molecule has 2 aromatic rings. The highest BCUT2D eigenvalue weighted by atomic mass is 32.2. The van der Waals surface area contributed by atoms with Gasteiger partial charge in [-0.2, -0.15) is 0 Å². The molecule has 2 heterocycles. The van der Waals surface area contributed by atoms with E-state index in [-0.39, 0.29) is 16.8 Å². The number of sulfonamides is 1. The van der Waals surface area contributed by atoms with Crippen LogP contribution in [0.15, 0.2) is 47.4 Å². The third-order valence-corrected chi connectivity index (χ3v) is 7.76. The Hall–Kier alpha value is -2.58. The SMILES string of the molecule is COc1ccc(S(=O)(=O)N2CCc3c(C(=O)NC4CCN(C)CC4)cccc32)cc1. The Morgan fingerprint density at radius 2 is 1.77 bits per heavy atom. The zero-order valence-corrected chi connectivity index (χ0v) is 18.1. The van der Waals surface area contributed by atoms with Crippen molar-refractivity contribution in [1.29, 1.82) is 0 Å².